The van der Waals surface area contributed by atoms with Crippen molar-refractivity contribution >= 4 is 22.9 Å². The number of fused-ring (bicyclic) bond motifs is 1. The molecule has 0 aliphatic carbocycles. The van der Waals surface area contributed by atoms with E-state index in [1.165, 1.54) is 13.1 Å². The van der Waals surface area contributed by atoms with E-state index in [-0.39, 0.29) is 0 Å². The van der Waals surface area contributed by atoms with Crippen molar-refractivity contribution in [3.05, 3.63) is 36.2 Å². The number of imidazole rings is 1. The number of benzene rings is 1. The van der Waals surface area contributed by atoms with Gasteiger partial charge in [-0.05, 0) is 43.8 Å². The van der Waals surface area contributed by atoms with E-state index in [9.17, 15) is 0 Å². The van der Waals surface area contributed by atoms with Gasteiger partial charge in [0.2, 0.25) is 5.95 Å². The molecule has 0 saturated carbocycles. The lowest BCUT2D eigenvalue weighted by atomic mass is 10.2. The molecular formula is C28H43N9O. The van der Waals surface area contributed by atoms with Crippen molar-refractivity contribution in [1.29, 1.82) is 0 Å². The summed E-state index contributed by atoms with van der Waals surface area (Å²) in [6.07, 6.45) is 3.04. The van der Waals surface area contributed by atoms with E-state index in [0.717, 1.165) is 100 Å². The van der Waals surface area contributed by atoms with Crippen LogP contribution in [-0.4, -0.2) is 113 Å². The molecule has 38 heavy (non-hydrogen) atoms. The Morgan fingerprint density at radius 2 is 1.47 bits per heavy atom. The summed E-state index contributed by atoms with van der Waals surface area (Å²) in [7, 11) is 1.69. The lowest BCUT2D eigenvalue weighted by Crippen LogP contribution is -2.46. The number of anilines is 2. The van der Waals surface area contributed by atoms with Gasteiger partial charge in [0.05, 0.1) is 13.4 Å². The van der Waals surface area contributed by atoms with Crippen LogP contribution < -0.4 is 15.0 Å². The van der Waals surface area contributed by atoms with Crippen molar-refractivity contribution in [2.24, 2.45) is 0 Å². The SMILES string of the molecule is CCN1CCN(CCCn2cnc3c(N4CCN(CC)CC4)nc(NCc4ccc(OC)cc4)nc32)CC1. The molecule has 1 aromatic carbocycles. The Balaban J connectivity index is 1.31. The number of hydrogen-bond donors (Lipinski definition) is 1. The van der Waals surface area contributed by atoms with Crippen LogP contribution in [0.2, 0.25) is 0 Å². The largest absolute Gasteiger partial charge is 0.497 e. The average molecular weight is 522 g/mol. The second-order valence-electron chi connectivity index (χ2n) is 10.2. The quantitative estimate of drug-likeness (QED) is 0.410. The van der Waals surface area contributed by atoms with Crippen LogP contribution in [0.15, 0.2) is 30.6 Å². The highest BCUT2D eigenvalue weighted by molar-refractivity contribution is 5.85. The van der Waals surface area contributed by atoms with Crippen LogP contribution in [0.3, 0.4) is 0 Å². The van der Waals surface area contributed by atoms with Crippen LogP contribution in [0.25, 0.3) is 11.2 Å². The fourth-order valence-electron chi connectivity index (χ4n) is 5.39. The summed E-state index contributed by atoms with van der Waals surface area (Å²) in [5.74, 6) is 2.45. The maximum Gasteiger partial charge on any atom is 0.227 e. The highest BCUT2D eigenvalue weighted by Crippen LogP contribution is 2.26. The monoisotopic (exact) mass is 521 g/mol. The molecule has 0 radical (unpaired) electrons. The Hall–Kier alpha value is -2.95. The van der Waals surface area contributed by atoms with Crippen LogP contribution in [-0.2, 0) is 13.1 Å². The fraction of sp³-hybridized carbons (Fsp3) is 0.607. The van der Waals surface area contributed by atoms with E-state index in [4.69, 9.17) is 19.7 Å². The van der Waals surface area contributed by atoms with Gasteiger partial charge in [0.1, 0.15) is 5.75 Å². The van der Waals surface area contributed by atoms with Gasteiger partial charge >= 0.3 is 0 Å². The molecule has 0 amide bonds. The first-order valence-corrected chi connectivity index (χ1v) is 14.2. The van der Waals surface area contributed by atoms with Gasteiger partial charge in [0, 0.05) is 65.4 Å². The van der Waals surface area contributed by atoms with Crippen molar-refractivity contribution in [3.63, 3.8) is 0 Å². The molecule has 4 heterocycles. The lowest BCUT2D eigenvalue weighted by molar-refractivity contribution is 0.135. The first-order chi connectivity index (χ1) is 18.7. The molecule has 10 heteroatoms. The number of aromatic nitrogens is 4. The van der Waals surface area contributed by atoms with Crippen molar-refractivity contribution < 1.29 is 4.74 Å². The predicted molar refractivity (Wildman–Crippen MR) is 153 cm³/mol. The van der Waals surface area contributed by atoms with Crippen molar-refractivity contribution in [3.8, 4) is 5.75 Å². The molecule has 2 aromatic heterocycles. The van der Waals surface area contributed by atoms with Crippen LogP contribution in [0.4, 0.5) is 11.8 Å². The standard InChI is InChI=1S/C28H43N9O/c1-4-33-13-15-35(16-14-33)11-6-12-37-22-30-25-26(36-19-17-34(5-2)18-20-36)31-28(32-27(25)37)29-21-23-7-9-24(38-3)10-8-23/h7-10,22H,4-6,11-21H2,1-3H3,(H,29,31,32). The number of nitrogens with one attached hydrogen (secondary N) is 1. The van der Waals surface area contributed by atoms with Crippen LogP contribution >= 0.6 is 0 Å². The molecule has 206 valence electrons. The first-order valence-electron chi connectivity index (χ1n) is 14.2. The van der Waals surface area contributed by atoms with Crippen LogP contribution in [0.5, 0.6) is 5.75 Å². The summed E-state index contributed by atoms with van der Waals surface area (Å²) >= 11 is 0. The number of rotatable bonds is 11. The molecule has 2 aliphatic heterocycles. The number of nitrogens with zero attached hydrogens (tertiary/aromatic N) is 8. The van der Waals surface area contributed by atoms with Crippen LogP contribution in [0, 0.1) is 0 Å². The van der Waals surface area contributed by atoms with Crippen molar-refractivity contribution in [2.45, 2.75) is 33.4 Å². The fourth-order valence-corrected chi connectivity index (χ4v) is 5.39. The third-order valence-electron chi connectivity index (χ3n) is 7.96. The number of likely N-dealkylation sites (N-methyl/N-ethyl adjacent to an activating group) is 2. The molecule has 0 atom stereocenters. The number of ether oxygens (including phenoxy) is 1. The molecule has 0 unspecified atom stereocenters. The van der Waals surface area contributed by atoms with E-state index >= 15 is 0 Å². The molecule has 3 aromatic rings. The summed E-state index contributed by atoms with van der Waals surface area (Å²) in [6, 6.07) is 8.10. The topological polar surface area (TPSA) is 77.8 Å². The number of piperazine rings is 2. The zero-order valence-electron chi connectivity index (χ0n) is 23.3. The normalized spacial score (nSPS) is 17.8. The zero-order valence-corrected chi connectivity index (χ0v) is 23.3. The minimum Gasteiger partial charge on any atom is -0.497 e. The molecule has 2 saturated heterocycles. The minimum absolute atomic E-state index is 0.649. The Morgan fingerprint density at radius 1 is 0.816 bits per heavy atom. The molecule has 0 bridgehead atoms. The van der Waals surface area contributed by atoms with Gasteiger partial charge in [-0.2, -0.15) is 9.97 Å². The van der Waals surface area contributed by atoms with E-state index in [1.807, 2.05) is 18.5 Å². The molecule has 0 spiro atoms. The van der Waals surface area contributed by atoms with Crippen LogP contribution in [0.1, 0.15) is 25.8 Å². The molecule has 5 rings (SSSR count). The Morgan fingerprint density at radius 3 is 2.13 bits per heavy atom. The second-order valence-corrected chi connectivity index (χ2v) is 10.2. The minimum atomic E-state index is 0.649. The van der Waals surface area contributed by atoms with E-state index < -0.39 is 0 Å². The van der Waals surface area contributed by atoms with Crippen molar-refractivity contribution in [1.82, 2.24) is 34.2 Å². The van der Waals surface area contributed by atoms with Gasteiger partial charge in [0.25, 0.3) is 0 Å². The summed E-state index contributed by atoms with van der Waals surface area (Å²) in [5, 5.41) is 3.47. The number of methoxy groups -OCH3 is 1. The summed E-state index contributed by atoms with van der Waals surface area (Å²) in [4.78, 5) is 24.7. The second kappa shape index (κ2) is 12.7. The maximum atomic E-state index is 5.29. The summed E-state index contributed by atoms with van der Waals surface area (Å²) < 4.78 is 7.51. The highest BCUT2D eigenvalue weighted by atomic mass is 16.5. The lowest BCUT2D eigenvalue weighted by Gasteiger charge is -2.34. The van der Waals surface area contributed by atoms with Gasteiger partial charge in [-0.1, -0.05) is 26.0 Å². The Labute approximate surface area is 226 Å². The number of hydrogen-bond acceptors (Lipinski definition) is 9. The van der Waals surface area contributed by atoms with Gasteiger partial charge < -0.3 is 34.2 Å². The highest BCUT2D eigenvalue weighted by Gasteiger charge is 2.23. The Kier molecular flexibility index (Phi) is 8.93. The average Bonchev–Trinajstić information content (AvgIpc) is 3.39. The van der Waals surface area contributed by atoms with Crippen molar-refractivity contribution in [2.75, 3.05) is 89.3 Å². The smallest absolute Gasteiger partial charge is 0.227 e. The van der Waals surface area contributed by atoms with Gasteiger partial charge in [-0.15, -0.1) is 0 Å². The molecule has 2 aliphatic rings. The summed E-state index contributed by atoms with van der Waals surface area (Å²) in [6.45, 7) is 18.0. The van der Waals surface area contributed by atoms with E-state index in [0.29, 0.717) is 12.5 Å². The molecular weight excluding hydrogens is 478 g/mol. The maximum absolute atomic E-state index is 5.29. The van der Waals surface area contributed by atoms with E-state index in [1.54, 1.807) is 7.11 Å². The third kappa shape index (κ3) is 6.36. The summed E-state index contributed by atoms with van der Waals surface area (Å²) in [5.41, 5.74) is 2.98. The Bertz CT molecular complexity index is 1150. The first kappa shape index (κ1) is 26.6. The third-order valence-corrected chi connectivity index (χ3v) is 7.96. The van der Waals surface area contributed by atoms with Gasteiger partial charge in [-0.3, -0.25) is 0 Å². The molecule has 2 fully saturated rings. The molecule has 1 N–H and O–H groups in total. The van der Waals surface area contributed by atoms with E-state index in [2.05, 4.69) is 55.5 Å². The predicted octanol–water partition coefficient (Wildman–Crippen LogP) is 2.62. The zero-order chi connectivity index (χ0) is 26.3. The number of aryl methyl sites for hydroxylation is 1. The molecule has 10 nitrogen and oxygen atoms in total. The van der Waals surface area contributed by atoms with Gasteiger partial charge in [0.15, 0.2) is 17.0 Å². The van der Waals surface area contributed by atoms with Gasteiger partial charge in [-0.25, -0.2) is 4.98 Å².